The summed E-state index contributed by atoms with van der Waals surface area (Å²) in [6.07, 6.45) is 0.742. The van der Waals surface area contributed by atoms with Crippen LogP contribution in [0.4, 0.5) is 10.5 Å². The summed E-state index contributed by atoms with van der Waals surface area (Å²) in [6, 6.07) is 4.17. The number of halogens is 1. The van der Waals surface area contributed by atoms with Gasteiger partial charge in [0.25, 0.3) is 5.91 Å². The van der Waals surface area contributed by atoms with E-state index in [4.69, 9.17) is 16.7 Å². The van der Waals surface area contributed by atoms with Gasteiger partial charge in [0.1, 0.15) is 0 Å². The van der Waals surface area contributed by atoms with Gasteiger partial charge in [-0.1, -0.05) is 25.4 Å². The largest absolute Gasteiger partial charge is 0.481 e. The van der Waals surface area contributed by atoms with Crippen LogP contribution in [0.5, 0.6) is 0 Å². The molecular formula is C19H28ClN3O4. The van der Waals surface area contributed by atoms with E-state index in [0.29, 0.717) is 18.5 Å². The van der Waals surface area contributed by atoms with Gasteiger partial charge in [-0.05, 0) is 51.8 Å². The van der Waals surface area contributed by atoms with E-state index >= 15 is 0 Å². The van der Waals surface area contributed by atoms with Gasteiger partial charge < -0.3 is 21.1 Å². The fourth-order valence-electron chi connectivity index (χ4n) is 2.60. The van der Waals surface area contributed by atoms with E-state index in [1.165, 1.54) is 12.1 Å². The SMILES string of the molecule is CCC(CC)(CC(=O)O)NC(=O)c1cc(NC(=O)NC(C)(C)C)ccc1Cl. The first-order valence-corrected chi connectivity index (χ1v) is 9.22. The van der Waals surface area contributed by atoms with Crippen molar-refractivity contribution in [1.29, 1.82) is 0 Å². The van der Waals surface area contributed by atoms with E-state index in [9.17, 15) is 14.4 Å². The molecule has 0 aliphatic carbocycles. The van der Waals surface area contributed by atoms with Crippen molar-refractivity contribution in [3.8, 4) is 0 Å². The summed E-state index contributed by atoms with van der Waals surface area (Å²) in [4.78, 5) is 35.9. The summed E-state index contributed by atoms with van der Waals surface area (Å²) in [6.45, 7) is 9.20. The van der Waals surface area contributed by atoms with Crippen LogP contribution in [-0.2, 0) is 4.79 Å². The predicted molar refractivity (Wildman–Crippen MR) is 106 cm³/mol. The first kappa shape index (κ1) is 22.8. The number of rotatable bonds is 7. The molecule has 0 heterocycles. The maximum atomic E-state index is 12.7. The van der Waals surface area contributed by atoms with Crippen molar-refractivity contribution in [3.05, 3.63) is 28.8 Å². The Bertz CT molecular complexity index is 709. The zero-order valence-corrected chi connectivity index (χ0v) is 17.2. The third kappa shape index (κ3) is 7.09. The maximum absolute atomic E-state index is 12.7. The first-order chi connectivity index (χ1) is 12.4. The fourth-order valence-corrected chi connectivity index (χ4v) is 2.80. The van der Waals surface area contributed by atoms with Gasteiger partial charge in [0, 0.05) is 11.2 Å². The second kappa shape index (κ2) is 9.08. The van der Waals surface area contributed by atoms with Crippen LogP contribution in [0.15, 0.2) is 18.2 Å². The molecule has 0 saturated heterocycles. The Balaban J connectivity index is 3.03. The molecule has 0 aliphatic heterocycles. The molecule has 3 amide bonds. The highest BCUT2D eigenvalue weighted by Crippen LogP contribution is 2.25. The van der Waals surface area contributed by atoms with E-state index in [2.05, 4.69) is 16.0 Å². The van der Waals surface area contributed by atoms with Gasteiger partial charge >= 0.3 is 12.0 Å². The van der Waals surface area contributed by atoms with Gasteiger partial charge in [0.15, 0.2) is 0 Å². The Labute approximate surface area is 164 Å². The lowest BCUT2D eigenvalue weighted by Crippen LogP contribution is -2.49. The molecule has 0 fully saturated rings. The third-order valence-electron chi connectivity index (χ3n) is 4.18. The Hall–Kier alpha value is -2.28. The van der Waals surface area contributed by atoms with Gasteiger partial charge in [-0.15, -0.1) is 0 Å². The second-order valence-electron chi connectivity index (χ2n) is 7.54. The number of hydrogen-bond donors (Lipinski definition) is 4. The van der Waals surface area contributed by atoms with Gasteiger partial charge in [-0.2, -0.15) is 0 Å². The topological polar surface area (TPSA) is 108 Å². The number of carbonyl (C=O) groups excluding carboxylic acids is 2. The molecule has 1 rings (SSSR count). The summed E-state index contributed by atoms with van der Waals surface area (Å²) < 4.78 is 0. The Kier molecular flexibility index (Phi) is 7.65. The predicted octanol–water partition coefficient (Wildman–Crippen LogP) is 4.02. The van der Waals surface area contributed by atoms with Gasteiger partial charge in [-0.3, -0.25) is 9.59 Å². The molecule has 0 saturated carbocycles. The molecule has 0 radical (unpaired) electrons. The number of carbonyl (C=O) groups is 3. The lowest BCUT2D eigenvalue weighted by atomic mass is 9.88. The van der Waals surface area contributed by atoms with Crippen LogP contribution in [-0.4, -0.2) is 34.1 Å². The molecule has 7 nitrogen and oxygen atoms in total. The number of benzene rings is 1. The highest BCUT2D eigenvalue weighted by atomic mass is 35.5. The Morgan fingerprint density at radius 2 is 1.67 bits per heavy atom. The number of nitrogens with one attached hydrogen (secondary N) is 3. The quantitative estimate of drug-likeness (QED) is 0.557. The van der Waals surface area contributed by atoms with Crippen LogP contribution in [0.1, 0.15) is 64.2 Å². The van der Waals surface area contributed by atoms with Crippen LogP contribution in [0.2, 0.25) is 5.02 Å². The number of carboxylic acids is 1. The number of amides is 3. The molecule has 0 atom stereocenters. The standard InChI is InChI=1S/C19H28ClN3O4/c1-6-19(7-2,11-15(24)25)22-16(26)13-10-12(8-9-14(13)20)21-17(27)23-18(3,4)5/h8-10H,6-7,11H2,1-5H3,(H,22,26)(H,24,25)(H2,21,23,27). The van der Waals surface area contributed by atoms with E-state index in [1.807, 2.05) is 34.6 Å². The Morgan fingerprint density at radius 1 is 1.07 bits per heavy atom. The highest BCUT2D eigenvalue weighted by molar-refractivity contribution is 6.34. The van der Waals surface area contributed by atoms with Gasteiger partial charge in [0.05, 0.1) is 22.5 Å². The average molecular weight is 398 g/mol. The van der Waals surface area contributed by atoms with Crippen LogP contribution in [0.25, 0.3) is 0 Å². The normalized spacial score (nSPS) is 11.6. The Morgan fingerprint density at radius 3 is 2.15 bits per heavy atom. The molecule has 1 aromatic carbocycles. The number of carboxylic acid groups (broad SMARTS) is 1. The van der Waals surface area contributed by atoms with Crippen LogP contribution in [0.3, 0.4) is 0 Å². The number of aliphatic carboxylic acids is 1. The zero-order valence-electron chi connectivity index (χ0n) is 16.4. The molecular weight excluding hydrogens is 370 g/mol. The second-order valence-corrected chi connectivity index (χ2v) is 7.94. The van der Waals surface area contributed by atoms with Crippen molar-refractivity contribution in [1.82, 2.24) is 10.6 Å². The first-order valence-electron chi connectivity index (χ1n) is 8.84. The average Bonchev–Trinajstić information content (AvgIpc) is 2.53. The van der Waals surface area contributed by atoms with Crippen molar-refractivity contribution in [3.63, 3.8) is 0 Å². The molecule has 0 aromatic heterocycles. The van der Waals surface area contributed by atoms with Crippen molar-refractivity contribution < 1.29 is 19.5 Å². The van der Waals surface area contributed by atoms with E-state index in [1.54, 1.807) is 6.07 Å². The van der Waals surface area contributed by atoms with Crippen molar-refractivity contribution in [2.45, 2.75) is 65.0 Å². The molecule has 0 aliphatic rings. The van der Waals surface area contributed by atoms with E-state index in [0.717, 1.165) is 0 Å². The molecule has 1 aromatic rings. The minimum atomic E-state index is -0.987. The number of anilines is 1. The summed E-state index contributed by atoms with van der Waals surface area (Å²) >= 11 is 6.15. The molecule has 0 bridgehead atoms. The lowest BCUT2D eigenvalue weighted by Gasteiger charge is -2.31. The van der Waals surface area contributed by atoms with E-state index in [-0.39, 0.29) is 17.0 Å². The van der Waals surface area contributed by atoms with Crippen molar-refractivity contribution >= 4 is 35.2 Å². The number of hydrogen-bond acceptors (Lipinski definition) is 3. The summed E-state index contributed by atoms with van der Waals surface area (Å²) in [5.41, 5.74) is -0.695. The lowest BCUT2D eigenvalue weighted by molar-refractivity contribution is -0.138. The minimum Gasteiger partial charge on any atom is -0.481 e. The summed E-state index contributed by atoms with van der Waals surface area (Å²) in [5, 5.41) is 17.6. The molecule has 4 N–H and O–H groups in total. The van der Waals surface area contributed by atoms with Crippen molar-refractivity contribution in [2.75, 3.05) is 5.32 Å². The monoisotopic (exact) mass is 397 g/mol. The maximum Gasteiger partial charge on any atom is 0.319 e. The van der Waals surface area contributed by atoms with E-state index < -0.39 is 29.0 Å². The summed E-state index contributed by atoms with van der Waals surface area (Å²) in [5.74, 6) is -1.47. The fraction of sp³-hybridized carbons (Fsp3) is 0.526. The van der Waals surface area contributed by atoms with Crippen molar-refractivity contribution in [2.24, 2.45) is 0 Å². The molecule has 0 unspecified atom stereocenters. The number of urea groups is 1. The minimum absolute atomic E-state index is 0.168. The highest BCUT2D eigenvalue weighted by Gasteiger charge is 2.32. The zero-order chi connectivity index (χ0) is 20.8. The van der Waals surface area contributed by atoms with Gasteiger partial charge in [-0.25, -0.2) is 4.79 Å². The smallest absolute Gasteiger partial charge is 0.319 e. The molecule has 8 heteroatoms. The molecule has 150 valence electrons. The molecule has 0 spiro atoms. The molecule has 27 heavy (non-hydrogen) atoms. The third-order valence-corrected chi connectivity index (χ3v) is 4.51. The van der Waals surface area contributed by atoms with Crippen LogP contribution < -0.4 is 16.0 Å². The summed E-state index contributed by atoms with van der Waals surface area (Å²) in [7, 11) is 0. The van der Waals surface area contributed by atoms with Crippen LogP contribution in [0, 0.1) is 0 Å². The van der Waals surface area contributed by atoms with Gasteiger partial charge in [0.2, 0.25) is 0 Å². The van der Waals surface area contributed by atoms with Crippen LogP contribution >= 0.6 is 11.6 Å².